The molecule has 0 aromatic carbocycles. The highest BCUT2D eigenvalue weighted by Crippen LogP contribution is 2.41. The average molecular weight is 217 g/mol. The lowest BCUT2D eigenvalue weighted by Crippen LogP contribution is -2.42. The molecule has 1 atom stereocenters. The van der Waals surface area contributed by atoms with E-state index in [1.165, 1.54) is 24.4 Å². The molecule has 1 aromatic heterocycles. The normalized spacial score (nSPS) is 15.7. The number of alkyl halides is 3. The molecule has 5 heteroatoms. The number of aromatic nitrogens is 1. The molecule has 0 saturated heterocycles. The van der Waals surface area contributed by atoms with Crippen LogP contribution in [0.1, 0.15) is 5.69 Å². The van der Waals surface area contributed by atoms with Crippen molar-refractivity contribution in [2.24, 2.45) is 0 Å². The van der Waals surface area contributed by atoms with Gasteiger partial charge in [0.05, 0.1) is 5.69 Å². The van der Waals surface area contributed by atoms with Crippen LogP contribution in [0.5, 0.6) is 0 Å². The molecule has 0 amide bonds. The van der Waals surface area contributed by atoms with Crippen molar-refractivity contribution in [1.29, 1.82) is 0 Å². The van der Waals surface area contributed by atoms with Gasteiger partial charge in [0.15, 0.2) is 0 Å². The van der Waals surface area contributed by atoms with Crippen molar-refractivity contribution in [3.63, 3.8) is 0 Å². The Labute approximate surface area is 85.4 Å². The van der Waals surface area contributed by atoms with Gasteiger partial charge in [-0.25, -0.2) is 0 Å². The second-order valence-electron chi connectivity index (χ2n) is 2.86. The maximum atomic E-state index is 12.8. The van der Waals surface area contributed by atoms with Crippen LogP contribution in [0.25, 0.3) is 0 Å². The van der Waals surface area contributed by atoms with Crippen LogP contribution in [0, 0.1) is 0 Å². The second-order valence-corrected chi connectivity index (χ2v) is 2.86. The minimum Gasteiger partial charge on any atom is -0.359 e. The van der Waals surface area contributed by atoms with Gasteiger partial charge in [-0.05, 0) is 18.2 Å². The molecule has 0 bridgehead atoms. The van der Waals surface area contributed by atoms with Crippen molar-refractivity contribution in [2.75, 3.05) is 7.11 Å². The Hall–Kier alpha value is -1.36. The minimum atomic E-state index is -4.59. The smallest absolute Gasteiger partial charge is 0.359 e. The molecule has 1 unspecified atom stereocenters. The van der Waals surface area contributed by atoms with Crippen molar-refractivity contribution in [3.8, 4) is 0 Å². The van der Waals surface area contributed by atoms with Gasteiger partial charge in [-0.2, -0.15) is 13.2 Å². The largest absolute Gasteiger partial charge is 0.426 e. The number of rotatable bonds is 3. The van der Waals surface area contributed by atoms with E-state index in [2.05, 4.69) is 16.3 Å². The summed E-state index contributed by atoms with van der Waals surface area (Å²) in [6.45, 7) is 3.16. The summed E-state index contributed by atoms with van der Waals surface area (Å²) in [6.07, 6.45) is -2.61. The van der Waals surface area contributed by atoms with Gasteiger partial charge >= 0.3 is 6.18 Å². The lowest BCUT2D eigenvalue weighted by molar-refractivity contribution is -0.256. The van der Waals surface area contributed by atoms with E-state index in [1.54, 1.807) is 0 Å². The van der Waals surface area contributed by atoms with Gasteiger partial charge in [0.2, 0.25) is 5.60 Å². The highest BCUT2D eigenvalue weighted by molar-refractivity contribution is 5.22. The third-order valence-electron chi connectivity index (χ3n) is 2.08. The molecule has 1 aromatic rings. The molecule has 0 aliphatic carbocycles. The number of nitrogens with zero attached hydrogens (tertiary/aromatic N) is 1. The number of ether oxygens (including phenoxy) is 1. The molecule has 0 aliphatic rings. The van der Waals surface area contributed by atoms with E-state index >= 15 is 0 Å². The Morgan fingerprint density at radius 1 is 1.40 bits per heavy atom. The van der Waals surface area contributed by atoms with E-state index in [4.69, 9.17) is 0 Å². The molecule has 15 heavy (non-hydrogen) atoms. The van der Waals surface area contributed by atoms with E-state index in [9.17, 15) is 13.2 Å². The molecule has 82 valence electrons. The summed E-state index contributed by atoms with van der Waals surface area (Å²) in [5.74, 6) is 0. The summed E-state index contributed by atoms with van der Waals surface area (Å²) in [5, 5.41) is 0. The molecular formula is C10H10F3NO. The standard InChI is InChI=1S/C10H10F3NO/c1-3-9(15-2,10(11,12)13)8-6-4-5-7-14-8/h3-7H,1H2,2H3. The first-order valence-corrected chi connectivity index (χ1v) is 4.15. The van der Waals surface area contributed by atoms with E-state index in [0.29, 0.717) is 6.08 Å². The fourth-order valence-electron chi connectivity index (χ4n) is 1.25. The predicted molar refractivity (Wildman–Crippen MR) is 49.2 cm³/mol. The van der Waals surface area contributed by atoms with E-state index in [1.807, 2.05) is 0 Å². The SMILES string of the molecule is C=CC(OC)(c1ccccn1)C(F)(F)F. The number of methoxy groups -OCH3 is 1. The predicted octanol–water partition coefficient (Wildman–Crippen LogP) is 2.67. The van der Waals surface area contributed by atoms with Crippen molar-refractivity contribution < 1.29 is 17.9 Å². The minimum absolute atomic E-state index is 0.227. The Morgan fingerprint density at radius 3 is 2.40 bits per heavy atom. The van der Waals surface area contributed by atoms with Gasteiger partial charge in [-0.3, -0.25) is 4.98 Å². The Morgan fingerprint density at radius 2 is 2.07 bits per heavy atom. The Bertz CT molecular complexity index is 336. The zero-order chi connectivity index (χ0) is 11.5. The first kappa shape index (κ1) is 11.7. The third kappa shape index (κ3) is 1.87. The highest BCUT2D eigenvalue weighted by Gasteiger charge is 2.55. The van der Waals surface area contributed by atoms with Gasteiger partial charge in [0, 0.05) is 13.3 Å². The van der Waals surface area contributed by atoms with Crippen LogP contribution in [0.2, 0.25) is 0 Å². The third-order valence-corrected chi connectivity index (χ3v) is 2.08. The van der Waals surface area contributed by atoms with E-state index in [0.717, 1.165) is 7.11 Å². The van der Waals surface area contributed by atoms with Crippen molar-refractivity contribution in [2.45, 2.75) is 11.8 Å². The second kappa shape index (κ2) is 4.02. The maximum Gasteiger partial charge on any atom is 0.426 e. The lowest BCUT2D eigenvalue weighted by atomic mass is 9.98. The molecule has 0 fully saturated rings. The monoisotopic (exact) mass is 217 g/mol. The average Bonchev–Trinajstić information content (AvgIpc) is 2.20. The van der Waals surface area contributed by atoms with Crippen LogP contribution >= 0.6 is 0 Å². The highest BCUT2D eigenvalue weighted by atomic mass is 19.4. The van der Waals surface area contributed by atoms with Crippen molar-refractivity contribution in [1.82, 2.24) is 4.98 Å². The molecule has 1 rings (SSSR count). The van der Waals surface area contributed by atoms with Crippen LogP contribution < -0.4 is 0 Å². The zero-order valence-electron chi connectivity index (χ0n) is 8.08. The van der Waals surface area contributed by atoms with Crippen LogP contribution in [-0.2, 0) is 10.3 Å². The van der Waals surface area contributed by atoms with Crippen LogP contribution in [0.3, 0.4) is 0 Å². The summed E-state index contributed by atoms with van der Waals surface area (Å²) in [4.78, 5) is 3.64. The quantitative estimate of drug-likeness (QED) is 0.726. The van der Waals surface area contributed by atoms with Crippen LogP contribution in [-0.4, -0.2) is 18.3 Å². The molecule has 2 nitrogen and oxygen atoms in total. The summed E-state index contributed by atoms with van der Waals surface area (Å²) < 4.78 is 43.0. The molecule has 0 radical (unpaired) electrons. The van der Waals surface area contributed by atoms with E-state index < -0.39 is 11.8 Å². The number of halogens is 3. The van der Waals surface area contributed by atoms with Gasteiger partial charge in [-0.1, -0.05) is 12.6 Å². The van der Waals surface area contributed by atoms with Gasteiger partial charge in [0.25, 0.3) is 0 Å². The molecular weight excluding hydrogens is 207 g/mol. The number of hydrogen-bond acceptors (Lipinski definition) is 2. The fourth-order valence-corrected chi connectivity index (χ4v) is 1.25. The van der Waals surface area contributed by atoms with Gasteiger partial charge < -0.3 is 4.74 Å². The maximum absolute atomic E-state index is 12.8. The first-order chi connectivity index (χ1) is 6.98. The molecule has 0 saturated carbocycles. The Kier molecular flexibility index (Phi) is 3.14. The summed E-state index contributed by atoms with van der Waals surface area (Å²) in [7, 11) is 0.976. The number of pyridine rings is 1. The Balaban J connectivity index is 3.30. The van der Waals surface area contributed by atoms with Crippen molar-refractivity contribution in [3.05, 3.63) is 42.7 Å². The van der Waals surface area contributed by atoms with Crippen molar-refractivity contribution >= 4 is 0 Å². The molecule has 0 N–H and O–H groups in total. The summed E-state index contributed by atoms with van der Waals surface area (Å²) in [6, 6.07) is 4.24. The lowest BCUT2D eigenvalue weighted by Gasteiger charge is -2.30. The van der Waals surface area contributed by atoms with E-state index in [-0.39, 0.29) is 5.69 Å². The van der Waals surface area contributed by atoms with Crippen LogP contribution in [0.4, 0.5) is 13.2 Å². The zero-order valence-corrected chi connectivity index (χ0v) is 8.08. The van der Waals surface area contributed by atoms with Gasteiger partial charge in [-0.15, -0.1) is 0 Å². The van der Waals surface area contributed by atoms with Gasteiger partial charge in [0.1, 0.15) is 0 Å². The van der Waals surface area contributed by atoms with Crippen LogP contribution in [0.15, 0.2) is 37.1 Å². The first-order valence-electron chi connectivity index (χ1n) is 4.15. The summed E-state index contributed by atoms with van der Waals surface area (Å²) >= 11 is 0. The number of hydrogen-bond donors (Lipinski definition) is 0. The molecule has 0 spiro atoms. The topological polar surface area (TPSA) is 22.1 Å². The fraction of sp³-hybridized carbons (Fsp3) is 0.300. The molecule has 1 heterocycles. The summed E-state index contributed by atoms with van der Waals surface area (Å²) in [5.41, 5.74) is -2.76. The molecule has 0 aliphatic heterocycles.